The fourth-order valence-corrected chi connectivity index (χ4v) is 3.30. The normalized spacial score (nSPS) is 21.1. The van der Waals surface area contributed by atoms with Gasteiger partial charge in [-0.25, -0.2) is 8.42 Å². The van der Waals surface area contributed by atoms with Crippen LogP contribution >= 0.6 is 0 Å². The Morgan fingerprint density at radius 2 is 2.12 bits per heavy atom. The SMILES string of the molecule is CNCc1nc(C2CCS(=O)(=O)CC2)no1. The van der Waals surface area contributed by atoms with Crippen molar-refractivity contribution in [1.29, 1.82) is 0 Å². The molecular formula is C9H15N3O3S. The lowest BCUT2D eigenvalue weighted by Gasteiger charge is -2.18. The van der Waals surface area contributed by atoms with E-state index in [0.717, 1.165) is 0 Å². The highest BCUT2D eigenvalue weighted by molar-refractivity contribution is 7.91. The zero-order chi connectivity index (χ0) is 11.6. The molecule has 1 saturated heterocycles. The molecule has 1 aromatic heterocycles. The van der Waals surface area contributed by atoms with Crippen molar-refractivity contribution in [2.45, 2.75) is 25.3 Å². The van der Waals surface area contributed by atoms with Crippen molar-refractivity contribution >= 4 is 9.84 Å². The van der Waals surface area contributed by atoms with E-state index in [1.54, 1.807) is 7.05 Å². The summed E-state index contributed by atoms with van der Waals surface area (Å²) in [6.45, 7) is 0.540. The second-order valence-corrected chi connectivity index (χ2v) is 6.31. The van der Waals surface area contributed by atoms with Crippen molar-refractivity contribution in [3.8, 4) is 0 Å². The quantitative estimate of drug-likeness (QED) is 0.811. The molecule has 1 aromatic rings. The zero-order valence-corrected chi connectivity index (χ0v) is 9.96. The fourth-order valence-electron chi connectivity index (χ4n) is 1.81. The van der Waals surface area contributed by atoms with Gasteiger partial charge in [-0.2, -0.15) is 4.98 Å². The summed E-state index contributed by atoms with van der Waals surface area (Å²) in [6.07, 6.45) is 1.20. The third kappa shape index (κ3) is 2.59. The van der Waals surface area contributed by atoms with Crippen LogP contribution in [0.2, 0.25) is 0 Å². The molecule has 0 radical (unpaired) electrons. The van der Waals surface area contributed by atoms with E-state index in [9.17, 15) is 8.42 Å². The van der Waals surface area contributed by atoms with Crippen molar-refractivity contribution in [3.63, 3.8) is 0 Å². The van der Waals surface area contributed by atoms with Gasteiger partial charge in [-0.15, -0.1) is 0 Å². The monoisotopic (exact) mass is 245 g/mol. The molecule has 90 valence electrons. The summed E-state index contributed by atoms with van der Waals surface area (Å²) in [5, 5.41) is 6.81. The Morgan fingerprint density at radius 1 is 1.44 bits per heavy atom. The molecule has 2 rings (SSSR count). The summed E-state index contributed by atoms with van der Waals surface area (Å²) in [5.74, 6) is 1.77. The van der Waals surface area contributed by atoms with Crippen LogP contribution in [0.25, 0.3) is 0 Å². The summed E-state index contributed by atoms with van der Waals surface area (Å²) < 4.78 is 27.6. The van der Waals surface area contributed by atoms with Gasteiger partial charge in [0.25, 0.3) is 0 Å². The molecule has 16 heavy (non-hydrogen) atoms. The van der Waals surface area contributed by atoms with Gasteiger partial charge in [0, 0.05) is 5.92 Å². The predicted octanol–water partition coefficient (Wildman–Crippen LogP) is 0.0812. The lowest BCUT2D eigenvalue weighted by atomic mass is 10.0. The maximum absolute atomic E-state index is 11.3. The summed E-state index contributed by atoms with van der Waals surface area (Å²) in [7, 11) is -1.02. The topological polar surface area (TPSA) is 85.1 Å². The van der Waals surface area contributed by atoms with E-state index in [0.29, 0.717) is 31.1 Å². The van der Waals surface area contributed by atoms with E-state index in [1.807, 2.05) is 0 Å². The van der Waals surface area contributed by atoms with Crippen molar-refractivity contribution in [1.82, 2.24) is 15.5 Å². The Kier molecular flexibility index (Phi) is 3.25. The molecule has 1 aliphatic rings. The number of hydrogen-bond donors (Lipinski definition) is 1. The summed E-state index contributed by atoms with van der Waals surface area (Å²) in [4.78, 5) is 4.24. The highest BCUT2D eigenvalue weighted by atomic mass is 32.2. The first-order valence-corrected chi connectivity index (χ1v) is 7.10. The Hall–Kier alpha value is -0.950. The minimum Gasteiger partial charge on any atom is -0.338 e. The molecule has 7 heteroatoms. The molecule has 0 unspecified atom stereocenters. The number of sulfone groups is 1. The van der Waals surface area contributed by atoms with E-state index in [1.165, 1.54) is 0 Å². The molecule has 0 aliphatic carbocycles. The van der Waals surface area contributed by atoms with Gasteiger partial charge in [0.05, 0.1) is 18.1 Å². The molecule has 1 aliphatic heterocycles. The summed E-state index contributed by atoms with van der Waals surface area (Å²) in [6, 6.07) is 0. The van der Waals surface area contributed by atoms with Crippen molar-refractivity contribution in [2.24, 2.45) is 0 Å². The van der Waals surface area contributed by atoms with E-state index in [-0.39, 0.29) is 17.4 Å². The van der Waals surface area contributed by atoms with E-state index < -0.39 is 9.84 Å². The highest BCUT2D eigenvalue weighted by Gasteiger charge is 2.27. The number of nitrogens with one attached hydrogen (secondary N) is 1. The molecule has 0 aromatic carbocycles. The van der Waals surface area contributed by atoms with Gasteiger partial charge in [-0.1, -0.05) is 5.16 Å². The van der Waals surface area contributed by atoms with E-state index >= 15 is 0 Å². The van der Waals surface area contributed by atoms with Gasteiger partial charge in [0.2, 0.25) is 5.89 Å². The minimum absolute atomic E-state index is 0.123. The number of rotatable bonds is 3. The van der Waals surface area contributed by atoms with Crippen molar-refractivity contribution < 1.29 is 12.9 Å². The second-order valence-electron chi connectivity index (χ2n) is 4.00. The molecule has 1 fully saturated rings. The molecule has 2 heterocycles. The van der Waals surface area contributed by atoms with Crippen LogP contribution in [0.1, 0.15) is 30.5 Å². The van der Waals surface area contributed by atoms with E-state index in [2.05, 4.69) is 15.5 Å². The van der Waals surface area contributed by atoms with Gasteiger partial charge in [-0.05, 0) is 19.9 Å². The maximum atomic E-state index is 11.3. The molecular weight excluding hydrogens is 230 g/mol. The molecule has 6 nitrogen and oxygen atoms in total. The van der Waals surface area contributed by atoms with Gasteiger partial charge in [-0.3, -0.25) is 0 Å². The Balaban J connectivity index is 2.02. The van der Waals surface area contributed by atoms with Gasteiger partial charge in [0.15, 0.2) is 5.82 Å². The number of hydrogen-bond acceptors (Lipinski definition) is 6. The molecule has 0 atom stereocenters. The lowest BCUT2D eigenvalue weighted by Crippen LogP contribution is -2.22. The molecule has 0 amide bonds. The molecule has 0 saturated carbocycles. The smallest absolute Gasteiger partial charge is 0.240 e. The van der Waals surface area contributed by atoms with Gasteiger partial charge < -0.3 is 9.84 Å². The van der Waals surface area contributed by atoms with Crippen LogP contribution in [0.5, 0.6) is 0 Å². The lowest BCUT2D eigenvalue weighted by molar-refractivity contribution is 0.362. The van der Waals surface area contributed by atoms with Gasteiger partial charge in [0.1, 0.15) is 9.84 Å². The van der Waals surface area contributed by atoms with Crippen LogP contribution in [0.3, 0.4) is 0 Å². The standard InChI is InChI=1S/C9H15N3O3S/c1-10-6-8-11-9(12-15-8)7-2-4-16(13,14)5-3-7/h7,10H,2-6H2,1H3. The van der Waals surface area contributed by atoms with E-state index in [4.69, 9.17) is 4.52 Å². The first-order valence-electron chi connectivity index (χ1n) is 5.28. The summed E-state index contributed by atoms with van der Waals surface area (Å²) in [5.41, 5.74) is 0. The minimum atomic E-state index is -2.83. The maximum Gasteiger partial charge on any atom is 0.240 e. The Bertz CT molecular complexity index is 440. The van der Waals surface area contributed by atoms with Crippen LogP contribution in [0.4, 0.5) is 0 Å². The van der Waals surface area contributed by atoms with Gasteiger partial charge >= 0.3 is 0 Å². The number of aromatic nitrogens is 2. The number of nitrogens with zero attached hydrogens (tertiary/aromatic N) is 2. The van der Waals surface area contributed by atoms with Crippen LogP contribution < -0.4 is 5.32 Å². The van der Waals surface area contributed by atoms with Crippen molar-refractivity contribution in [3.05, 3.63) is 11.7 Å². The Labute approximate surface area is 94.3 Å². The van der Waals surface area contributed by atoms with Crippen LogP contribution in [-0.4, -0.2) is 37.1 Å². The molecule has 0 spiro atoms. The zero-order valence-electron chi connectivity index (χ0n) is 9.14. The first-order chi connectivity index (χ1) is 7.61. The Morgan fingerprint density at radius 3 is 2.75 bits per heavy atom. The largest absolute Gasteiger partial charge is 0.338 e. The predicted molar refractivity (Wildman–Crippen MR) is 57.7 cm³/mol. The van der Waals surface area contributed by atoms with Crippen LogP contribution in [-0.2, 0) is 16.4 Å². The molecule has 1 N–H and O–H groups in total. The third-order valence-electron chi connectivity index (χ3n) is 2.73. The third-order valence-corrected chi connectivity index (χ3v) is 4.45. The summed E-state index contributed by atoms with van der Waals surface area (Å²) >= 11 is 0. The van der Waals surface area contributed by atoms with Crippen LogP contribution in [0.15, 0.2) is 4.52 Å². The highest BCUT2D eigenvalue weighted by Crippen LogP contribution is 2.26. The average Bonchev–Trinajstić information content (AvgIpc) is 2.67. The van der Waals surface area contributed by atoms with Crippen LogP contribution in [0, 0.1) is 0 Å². The second kappa shape index (κ2) is 4.50. The first kappa shape index (κ1) is 11.5. The molecule has 0 bridgehead atoms. The fraction of sp³-hybridized carbons (Fsp3) is 0.778. The van der Waals surface area contributed by atoms with Crippen molar-refractivity contribution in [2.75, 3.05) is 18.6 Å². The average molecular weight is 245 g/mol.